The summed E-state index contributed by atoms with van der Waals surface area (Å²) in [7, 11) is 3.12. The summed E-state index contributed by atoms with van der Waals surface area (Å²) in [5, 5.41) is 5.66. The van der Waals surface area contributed by atoms with E-state index in [1.54, 1.807) is 7.11 Å². The molecule has 0 aliphatic heterocycles. The van der Waals surface area contributed by atoms with Crippen molar-refractivity contribution in [2.75, 3.05) is 20.7 Å². The molecule has 0 unspecified atom stereocenters. The van der Waals surface area contributed by atoms with E-state index in [1.807, 2.05) is 18.2 Å². The third-order valence-electron chi connectivity index (χ3n) is 4.21. The molecule has 8 heteroatoms. The van der Waals surface area contributed by atoms with Crippen LogP contribution in [0.1, 0.15) is 37.7 Å². The van der Waals surface area contributed by atoms with Gasteiger partial charge < -0.3 is 20.1 Å². The SMILES string of the molecule is CN=C(NCCC(F)(F)F)NCc1ccc(OC)c(OC2CCCC2)c1. The van der Waals surface area contributed by atoms with Crippen LogP contribution in [0, 0.1) is 0 Å². The van der Waals surface area contributed by atoms with E-state index in [0.29, 0.717) is 24.0 Å². The van der Waals surface area contributed by atoms with Crippen molar-refractivity contribution in [1.29, 1.82) is 0 Å². The van der Waals surface area contributed by atoms with Gasteiger partial charge in [-0.15, -0.1) is 0 Å². The highest BCUT2D eigenvalue weighted by atomic mass is 19.4. The number of alkyl halides is 3. The van der Waals surface area contributed by atoms with Crippen molar-refractivity contribution < 1.29 is 22.6 Å². The molecule has 0 saturated heterocycles. The normalized spacial score (nSPS) is 15.8. The number of hydrogen-bond acceptors (Lipinski definition) is 3. The van der Waals surface area contributed by atoms with Crippen LogP contribution in [0.25, 0.3) is 0 Å². The number of rotatable bonds is 7. The molecule has 2 rings (SSSR count). The van der Waals surface area contributed by atoms with Gasteiger partial charge in [-0.3, -0.25) is 4.99 Å². The van der Waals surface area contributed by atoms with E-state index in [1.165, 1.54) is 19.9 Å². The van der Waals surface area contributed by atoms with Gasteiger partial charge in [-0.1, -0.05) is 6.07 Å². The molecule has 0 spiro atoms. The molecule has 146 valence electrons. The number of nitrogens with one attached hydrogen (secondary N) is 2. The second-order valence-corrected chi connectivity index (χ2v) is 6.23. The maximum atomic E-state index is 12.2. The second kappa shape index (κ2) is 9.54. The summed E-state index contributed by atoms with van der Waals surface area (Å²) >= 11 is 0. The fourth-order valence-electron chi connectivity index (χ4n) is 2.84. The van der Waals surface area contributed by atoms with Crippen LogP contribution in [-0.2, 0) is 6.54 Å². The van der Waals surface area contributed by atoms with Crippen molar-refractivity contribution in [3.05, 3.63) is 23.8 Å². The first-order valence-electron chi connectivity index (χ1n) is 8.76. The molecule has 0 heterocycles. The molecule has 0 amide bonds. The first-order chi connectivity index (χ1) is 12.4. The van der Waals surface area contributed by atoms with E-state index in [4.69, 9.17) is 9.47 Å². The summed E-state index contributed by atoms with van der Waals surface area (Å²) in [6, 6.07) is 5.62. The molecule has 0 atom stereocenters. The number of methoxy groups -OCH3 is 1. The molecule has 1 saturated carbocycles. The summed E-state index contributed by atoms with van der Waals surface area (Å²) < 4.78 is 48.1. The summed E-state index contributed by atoms with van der Waals surface area (Å²) in [5.74, 6) is 1.69. The maximum absolute atomic E-state index is 12.2. The fourth-order valence-corrected chi connectivity index (χ4v) is 2.84. The first-order valence-corrected chi connectivity index (χ1v) is 8.76. The Balaban J connectivity index is 1.91. The first kappa shape index (κ1) is 20.2. The second-order valence-electron chi connectivity index (χ2n) is 6.23. The molecule has 1 aliphatic rings. The Kier molecular flexibility index (Phi) is 7.41. The monoisotopic (exact) mass is 373 g/mol. The molecular weight excluding hydrogens is 347 g/mol. The highest BCUT2D eigenvalue weighted by Crippen LogP contribution is 2.32. The third-order valence-corrected chi connectivity index (χ3v) is 4.21. The Hall–Kier alpha value is -2.12. The smallest absolute Gasteiger partial charge is 0.390 e. The van der Waals surface area contributed by atoms with Gasteiger partial charge >= 0.3 is 6.18 Å². The van der Waals surface area contributed by atoms with Crippen LogP contribution in [0.5, 0.6) is 11.5 Å². The molecule has 1 aromatic carbocycles. The van der Waals surface area contributed by atoms with Gasteiger partial charge in [0.1, 0.15) is 0 Å². The number of halogens is 3. The predicted octanol–water partition coefficient (Wildman–Crippen LogP) is 3.63. The zero-order chi connectivity index (χ0) is 19.0. The van der Waals surface area contributed by atoms with E-state index in [2.05, 4.69) is 15.6 Å². The van der Waals surface area contributed by atoms with E-state index >= 15 is 0 Å². The van der Waals surface area contributed by atoms with Gasteiger partial charge in [-0.2, -0.15) is 13.2 Å². The third kappa shape index (κ3) is 6.65. The number of ether oxygens (including phenoxy) is 2. The average Bonchev–Trinajstić information content (AvgIpc) is 3.10. The summed E-state index contributed by atoms with van der Waals surface area (Å²) in [6.45, 7) is 0.193. The van der Waals surface area contributed by atoms with Crippen LogP contribution in [0.2, 0.25) is 0 Å². The summed E-state index contributed by atoms with van der Waals surface area (Å²) in [5.41, 5.74) is 0.928. The molecule has 1 fully saturated rings. The molecule has 0 bridgehead atoms. The lowest BCUT2D eigenvalue weighted by Crippen LogP contribution is -2.38. The van der Waals surface area contributed by atoms with Crippen LogP contribution in [0.3, 0.4) is 0 Å². The Morgan fingerprint density at radius 2 is 1.92 bits per heavy atom. The van der Waals surface area contributed by atoms with Crippen LogP contribution in [0.15, 0.2) is 23.2 Å². The van der Waals surface area contributed by atoms with Gasteiger partial charge in [0.25, 0.3) is 0 Å². The van der Waals surface area contributed by atoms with Crippen molar-refractivity contribution in [2.24, 2.45) is 4.99 Å². The van der Waals surface area contributed by atoms with Crippen LogP contribution < -0.4 is 20.1 Å². The molecule has 2 N–H and O–H groups in total. The van der Waals surface area contributed by atoms with Gasteiger partial charge in [0, 0.05) is 20.1 Å². The van der Waals surface area contributed by atoms with E-state index in [-0.39, 0.29) is 12.6 Å². The lowest BCUT2D eigenvalue weighted by atomic mass is 10.2. The minimum absolute atomic E-state index is 0.212. The minimum Gasteiger partial charge on any atom is -0.493 e. The Morgan fingerprint density at radius 1 is 1.19 bits per heavy atom. The Labute approximate surface area is 152 Å². The molecule has 5 nitrogen and oxygen atoms in total. The molecule has 26 heavy (non-hydrogen) atoms. The highest BCUT2D eigenvalue weighted by molar-refractivity contribution is 5.79. The van der Waals surface area contributed by atoms with Crippen molar-refractivity contribution in [2.45, 2.75) is 50.9 Å². The van der Waals surface area contributed by atoms with E-state index in [9.17, 15) is 13.2 Å². The summed E-state index contributed by atoms with van der Waals surface area (Å²) in [4.78, 5) is 3.93. The molecular formula is C18H26F3N3O2. The molecule has 0 aromatic heterocycles. The van der Waals surface area contributed by atoms with Crippen molar-refractivity contribution in [3.8, 4) is 11.5 Å². The van der Waals surface area contributed by atoms with E-state index < -0.39 is 12.6 Å². The van der Waals surface area contributed by atoms with Crippen LogP contribution in [-0.4, -0.2) is 38.9 Å². The van der Waals surface area contributed by atoms with Gasteiger partial charge in [-0.05, 0) is 43.4 Å². The topological polar surface area (TPSA) is 54.9 Å². The molecule has 1 aliphatic carbocycles. The van der Waals surface area contributed by atoms with Crippen molar-refractivity contribution in [1.82, 2.24) is 10.6 Å². The van der Waals surface area contributed by atoms with Gasteiger partial charge in [0.2, 0.25) is 0 Å². The quantitative estimate of drug-likeness (QED) is 0.566. The summed E-state index contributed by atoms with van der Waals surface area (Å²) in [6.07, 6.45) is -0.446. The largest absolute Gasteiger partial charge is 0.493 e. The predicted molar refractivity (Wildman–Crippen MR) is 94.8 cm³/mol. The van der Waals surface area contributed by atoms with Gasteiger partial charge in [0.15, 0.2) is 17.5 Å². The van der Waals surface area contributed by atoms with Gasteiger partial charge in [0.05, 0.1) is 19.6 Å². The zero-order valence-electron chi connectivity index (χ0n) is 15.2. The Morgan fingerprint density at radius 3 is 2.54 bits per heavy atom. The number of hydrogen-bond donors (Lipinski definition) is 2. The zero-order valence-corrected chi connectivity index (χ0v) is 15.2. The minimum atomic E-state index is -4.19. The standard InChI is InChI=1S/C18H26F3N3O2/c1-22-17(23-10-9-18(19,20)21)24-12-13-7-8-15(25-2)16(11-13)26-14-5-3-4-6-14/h7-8,11,14H,3-6,9-10,12H2,1-2H3,(H2,22,23,24). The van der Waals surface area contributed by atoms with Crippen LogP contribution >= 0.6 is 0 Å². The number of nitrogens with zero attached hydrogens (tertiary/aromatic N) is 1. The van der Waals surface area contributed by atoms with Crippen molar-refractivity contribution in [3.63, 3.8) is 0 Å². The average molecular weight is 373 g/mol. The number of guanidine groups is 1. The maximum Gasteiger partial charge on any atom is 0.390 e. The fraction of sp³-hybridized carbons (Fsp3) is 0.611. The lowest BCUT2D eigenvalue weighted by Gasteiger charge is -2.17. The lowest BCUT2D eigenvalue weighted by molar-refractivity contribution is -0.132. The number of aliphatic imine (C=N–C) groups is 1. The number of benzene rings is 1. The molecule has 0 radical (unpaired) electrons. The van der Waals surface area contributed by atoms with Crippen LogP contribution in [0.4, 0.5) is 13.2 Å². The highest BCUT2D eigenvalue weighted by Gasteiger charge is 2.26. The van der Waals surface area contributed by atoms with Gasteiger partial charge in [-0.25, -0.2) is 0 Å². The molecule has 1 aromatic rings. The van der Waals surface area contributed by atoms with E-state index in [0.717, 1.165) is 18.4 Å². The Bertz CT molecular complexity index is 600. The van der Waals surface area contributed by atoms with Crippen molar-refractivity contribution >= 4 is 5.96 Å².